The highest BCUT2D eigenvalue weighted by atomic mass is 19.1. The van der Waals surface area contributed by atoms with E-state index >= 15 is 0 Å². The van der Waals surface area contributed by atoms with E-state index in [1.165, 1.54) is 6.07 Å². The highest BCUT2D eigenvalue weighted by molar-refractivity contribution is 5.81. The van der Waals surface area contributed by atoms with Gasteiger partial charge in [0.15, 0.2) is 17.5 Å². The molecule has 0 spiro atoms. The molecule has 0 radical (unpaired) electrons. The second-order valence-electron chi connectivity index (χ2n) is 4.18. The summed E-state index contributed by atoms with van der Waals surface area (Å²) >= 11 is 0. The molecule has 2 rings (SSSR count). The maximum absolute atomic E-state index is 13.6. The van der Waals surface area contributed by atoms with E-state index in [0.29, 0.717) is 18.9 Å². The number of halogens is 1. The van der Waals surface area contributed by atoms with Crippen LogP contribution in [0.5, 0.6) is 5.75 Å². The van der Waals surface area contributed by atoms with Gasteiger partial charge in [-0.05, 0) is 24.6 Å². The van der Waals surface area contributed by atoms with Crippen molar-refractivity contribution in [1.29, 1.82) is 0 Å². The number of ether oxygens (including phenoxy) is 1. The van der Waals surface area contributed by atoms with Crippen LogP contribution in [0.25, 0.3) is 0 Å². The molecule has 18 heavy (non-hydrogen) atoms. The van der Waals surface area contributed by atoms with Gasteiger partial charge in [-0.2, -0.15) is 0 Å². The van der Waals surface area contributed by atoms with Gasteiger partial charge < -0.3 is 15.0 Å². The normalized spacial score (nSPS) is 14.6. The molecule has 4 nitrogen and oxygen atoms in total. The first-order valence-electron chi connectivity index (χ1n) is 6.11. The molecule has 0 amide bonds. The van der Waals surface area contributed by atoms with Gasteiger partial charge in [0.2, 0.25) is 0 Å². The predicted octanol–water partition coefficient (Wildman–Crippen LogP) is 1.62. The molecule has 0 saturated carbocycles. The zero-order chi connectivity index (χ0) is 13.0. The number of nitrogens with zero attached hydrogens (tertiary/aromatic N) is 2. The summed E-state index contributed by atoms with van der Waals surface area (Å²) < 4.78 is 18.8. The number of guanidine groups is 1. The Kier molecular flexibility index (Phi) is 4.02. The van der Waals surface area contributed by atoms with Crippen molar-refractivity contribution in [1.82, 2.24) is 10.2 Å². The fourth-order valence-corrected chi connectivity index (χ4v) is 1.83. The van der Waals surface area contributed by atoms with Crippen LogP contribution in [-0.4, -0.2) is 37.6 Å². The molecule has 1 aromatic carbocycles. The van der Waals surface area contributed by atoms with Crippen molar-refractivity contribution in [2.24, 2.45) is 4.99 Å². The highest BCUT2D eigenvalue weighted by Crippen LogP contribution is 2.18. The standard InChI is InChI=1S/C13H18FN3O/c1-3-18-12-5-4-10(8-11(12)14)9-16-13-15-6-7-17(13)2/h4-5,8H,3,6-7,9H2,1-2H3,(H,15,16). The van der Waals surface area contributed by atoms with Gasteiger partial charge in [-0.1, -0.05) is 6.07 Å². The maximum Gasteiger partial charge on any atom is 0.194 e. The summed E-state index contributed by atoms with van der Waals surface area (Å²) in [6, 6.07) is 5.01. The molecule has 98 valence electrons. The van der Waals surface area contributed by atoms with Crippen LogP contribution in [-0.2, 0) is 6.54 Å². The summed E-state index contributed by atoms with van der Waals surface area (Å²) in [7, 11) is 1.98. The van der Waals surface area contributed by atoms with Crippen molar-refractivity contribution in [2.75, 3.05) is 26.7 Å². The van der Waals surface area contributed by atoms with Crippen molar-refractivity contribution in [2.45, 2.75) is 13.5 Å². The Morgan fingerprint density at radius 3 is 2.94 bits per heavy atom. The van der Waals surface area contributed by atoms with Gasteiger partial charge in [0.1, 0.15) is 0 Å². The summed E-state index contributed by atoms with van der Waals surface area (Å²) in [6.45, 7) is 4.61. The van der Waals surface area contributed by atoms with Crippen LogP contribution in [0.1, 0.15) is 12.5 Å². The van der Waals surface area contributed by atoms with Crippen LogP contribution in [0.3, 0.4) is 0 Å². The molecule has 1 heterocycles. The Labute approximate surface area is 106 Å². The molecule has 0 fully saturated rings. The predicted molar refractivity (Wildman–Crippen MR) is 69.3 cm³/mol. The first-order valence-corrected chi connectivity index (χ1v) is 6.11. The highest BCUT2D eigenvalue weighted by Gasteiger charge is 2.11. The number of benzene rings is 1. The minimum absolute atomic E-state index is 0.302. The smallest absolute Gasteiger partial charge is 0.194 e. The van der Waals surface area contributed by atoms with Gasteiger partial charge in [0, 0.05) is 20.1 Å². The number of nitrogens with one attached hydrogen (secondary N) is 1. The van der Waals surface area contributed by atoms with Crippen LogP contribution in [0.4, 0.5) is 4.39 Å². The van der Waals surface area contributed by atoms with E-state index in [9.17, 15) is 4.39 Å². The van der Waals surface area contributed by atoms with Crippen molar-refractivity contribution < 1.29 is 9.13 Å². The van der Waals surface area contributed by atoms with Crippen LogP contribution in [0.2, 0.25) is 0 Å². The molecule has 1 aromatic rings. The van der Waals surface area contributed by atoms with Crippen LogP contribution >= 0.6 is 0 Å². The van der Waals surface area contributed by atoms with Gasteiger partial charge in [-0.3, -0.25) is 4.99 Å². The zero-order valence-electron chi connectivity index (χ0n) is 10.7. The van der Waals surface area contributed by atoms with Crippen molar-refractivity contribution in [3.63, 3.8) is 0 Å². The molecule has 0 aliphatic carbocycles. The van der Waals surface area contributed by atoms with Crippen LogP contribution in [0, 0.1) is 5.82 Å². The monoisotopic (exact) mass is 251 g/mol. The topological polar surface area (TPSA) is 36.9 Å². The lowest BCUT2D eigenvalue weighted by atomic mass is 10.2. The first kappa shape index (κ1) is 12.7. The fraction of sp³-hybridized carbons (Fsp3) is 0.462. The third-order valence-corrected chi connectivity index (χ3v) is 2.81. The molecular weight excluding hydrogens is 233 g/mol. The van der Waals surface area contributed by atoms with Crippen molar-refractivity contribution in [3.05, 3.63) is 29.6 Å². The summed E-state index contributed by atoms with van der Waals surface area (Å²) in [6.07, 6.45) is 0. The quantitative estimate of drug-likeness (QED) is 0.883. The maximum atomic E-state index is 13.6. The Hall–Kier alpha value is -1.78. The number of rotatable bonds is 4. The van der Waals surface area contributed by atoms with Crippen molar-refractivity contribution >= 4 is 5.96 Å². The van der Waals surface area contributed by atoms with E-state index < -0.39 is 0 Å². The Bertz CT molecular complexity index is 448. The third-order valence-electron chi connectivity index (χ3n) is 2.81. The van der Waals surface area contributed by atoms with Gasteiger partial charge in [0.05, 0.1) is 13.2 Å². The second-order valence-corrected chi connectivity index (χ2v) is 4.18. The van der Waals surface area contributed by atoms with Gasteiger partial charge in [-0.15, -0.1) is 0 Å². The molecule has 0 aromatic heterocycles. The van der Waals surface area contributed by atoms with Crippen LogP contribution in [0.15, 0.2) is 23.2 Å². The third kappa shape index (κ3) is 2.91. The average molecular weight is 251 g/mol. The second kappa shape index (κ2) is 5.71. The molecular formula is C13H18FN3O. The SMILES string of the molecule is CCOc1ccc(CNC2=NCCN2C)cc1F. The zero-order valence-corrected chi connectivity index (χ0v) is 10.7. The summed E-state index contributed by atoms with van der Waals surface area (Å²) in [5.74, 6) is 0.846. The van der Waals surface area contributed by atoms with E-state index in [4.69, 9.17) is 4.74 Å². The first-order chi connectivity index (χ1) is 8.70. The lowest BCUT2D eigenvalue weighted by molar-refractivity contribution is 0.321. The lowest BCUT2D eigenvalue weighted by Gasteiger charge is -2.15. The van der Waals surface area contributed by atoms with Gasteiger partial charge >= 0.3 is 0 Å². The number of hydrogen-bond acceptors (Lipinski definition) is 4. The van der Waals surface area contributed by atoms with Crippen LogP contribution < -0.4 is 10.1 Å². The molecule has 0 unspecified atom stereocenters. The fourth-order valence-electron chi connectivity index (χ4n) is 1.83. The number of hydrogen-bond donors (Lipinski definition) is 1. The molecule has 1 aliphatic rings. The van der Waals surface area contributed by atoms with E-state index in [0.717, 1.165) is 24.6 Å². The van der Waals surface area contributed by atoms with Crippen molar-refractivity contribution in [3.8, 4) is 5.75 Å². The van der Waals surface area contributed by atoms with Gasteiger partial charge in [0.25, 0.3) is 0 Å². The molecule has 0 bridgehead atoms. The summed E-state index contributed by atoms with van der Waals surface area (Å²) in [5.41, 5.74) is 0.874. The van der Waals surface area contributed by atoms with E-state index in [1.54, 1.807) is 6.07 Å². The van der Waals surface area contributed by atoms with E-state index in [-0.39, 0.29) is 5.82 Å². The largest absolute Gasteiger partial charge is 0.491 e. The van der Waals surface area contributed by atoms with Gasteiger partial charge in [-0.25, -0.2) is 4.39 Å². The average Bonchev–Trinajstić information content (AvgIpc) is 2.76. The number of likely N-dealkylation sites (N-methyl/N-ethyl adjacent to an activating group) is 1. The molecule has 0 saturated heterocycles. The molecule has 1 N–H and O–H groups in total. The lowest BCUT2D eigenvalue weighted by Crippen LogP contribution is -2.35. The minimum atomic E-state index is -0.321. The number of aliphatic imine (C=N–C) groups is 1. The van der Waals surface area contributed by atoms with E-state index in [2.05, 4.69) is 10.3 Å². The molecule has 5 heteroatoms. The molecule has 0 atom stereocenters. The summed E-state index contributed by atoms with van der Waals surface area (Å²) in [5, 5.41) is 3.19. The Morgan fingerprint density at radius 2 is 2.33 bits per heavy atom. The Balaban J connectivity index is 1.95. The minimum Gasteiger partial charge on any atom is -0.491 e. The Morgan fingerprint density at radius 1 is 1.50 bits per heavy atom. The van der Waals surface area contributed by atoms with E-state index in [1.807, 2.05) is 24.9 Å². The summed E-state index contributed by atoms with van der Waals surface area (Å²) in [4.78, 5) is 6.36. The molecule has 1 aliphatic heterocycles.